The van der Waals surface area contributed by atoms with Gasteiger partial charge in [-0.3, -0.25) is 4.79 Å². The minimum atomic E-state index is -3.60. The van der Waals surface area contributed by atoms with Crippen molar-refractivity contribution in [2.75, 3.05) is 37.4 Å². The number of sulfonamides is 1. The average molecular weight is 446 g/mol. The number of hydrogen-bond acceptors (Lipinski definition) is 6. The van der Waals surface area contributed by atoms with Gasteiger partial charge in [-0.15, -0.1) is 0 Å². The summed E-state index contributed by atoms with van der Waals surface area (Å²) in [6.07, 6.45) is 1.28. The predicted molar refractivity (Wildman–Crippen MR) is 105 cm³/mol. The van der Waals surface area contributed by atoms with Crippen molar-refractivity contribution in [2.45, 2.75) is 9.92 Å². The highest BCUT2D eigenvalue weighted by molar-refractivity contribution is 7.99. The second-order valence-electron chi connectivity index (χ2n) is 5.81. The lowest BCUT2D eigenvalue weighted by Crippen LogP contribution is -2.40. The number of benzene rings is 1. The number of pyridine rings is 1. The van der Waals surface area contributed by atoms with Crippen LogP contribution in [-0.4, -0.2) is 55.7 Å². The first-order valence-electron chi connectivity index (χ1n) is 8.28. The Kier molecular flexibility index (Phi) is 6.89. The highest BCUT2D eigenvalue weighted by Gasteiger charge is 2.26. The third kappa shape index (κ3) is 5.21. The number of thioether (sulfide) groups is 1. The molecule has 1 N–H and O–H groups in total. The lowest BCUT2D eigenvalue weighted by Gasteiger charge is -2.25. The molecule has 0 aliphatic carbocycles. The minimum Gasteiger partial charge on any atom is -0.379 e. The number of nitrogens with one attached hydrogen (secondary N) is 1. The maximum Gasteiger partial charge on any atom is 0.244 e. The first-order valence-corrected chi connectivity index (χ1v) is 11.1. The van der Waals surface area contributed by atoms with E-state index in [1.807, 2.05) is 0 Å². The van der Waals surface area contributed by atoms with Crippen molar-refractivity contribution < 1.29 is 22.3 Å². The van der Waals surface area contributed by atoms with Gasteiger partial charge in [0.1, 0.15) is 10.7 Å². The smallest absolute Gasteiger partial charge is 0.244 e. The summed E-state index contributed by atoms with van der Waals surface area (Å²) in [7, 11) is -3.60. The monoisotopic (exact) mass is 445 g/mol. The molecule has 7 nitrogen and oxygen atoms in total. The van der Waals surface area contributed by atoms with Crippen molar-refractivity contribution in [3.8, 4) is 0 Å². The van der Waals surface area contributed by atoms with Crippen LogP contribution < -0.4 is 5.32 Å². The van der Waals surface area contributed by atoms with Gasteiger partial charge in [-0.1, -0.05) is 23.4 Å². The molecule has 3 rings (SSSR count). The summed E-state index contributed by atoms with van der Waals surface area (Å²) < 4.78 is 44.6. The third-order valence-electron chi connectivity index (χ3n) is 3.87. The molecule has 11 heteroatoms. The van der Waals surface area contributed by atoms with Crippen LogP contribution >= 0.6 is 23.4 Å². The zero-order valence-electron chi connectivity index (χ0n) is 14.6. The molecule has 28 heavy (non-hydrogen) atoms. The lowest BCUT2D eigenvalue weighted by atomic mass is 10.3. The van der Waals surface area contributed by atoms with Gasteiger partial charge in [-0.2, -0.15) is 4.31 Å². The maximum absolute atomic E-state index is 13.0. The third-order valence-corrected chi connectivity index (χ3v) is 7.01. The summed E-state index contributed by atoms with van der Waals surface area (Å²) in [5, 5.41) is 3.19. The van der Waals surface area contributed by atoms with Gasteiger partial charge in [0.2, 0.25) is 15.9 Å². The van der Waals surface area contributed by atoms with Gasteiger partial charge in [0, 0.05) is 19.3 Å². The van der Waals surface area contributed by atoms with Crippen LogP contribution in [0.4, 0.5) is 10.1 Å². The molecule has 1 amide bonds. The molecule has 0 spiro atoms. The summed E-state index contributed by atoms with van der Waals surface area (Å²) in [4.78, 5) is 16.2. The van der Waals surface area contributed by atoms with Crippen LogP contribution in [-0.2, 0) is 19.6 Å². The molecule has 150 valence electrons. The van der Waals surface area contributed by atoms with E-state index in [0.29, 0.717) is 37.0 Å². The molecule has 0 saturated carbocycles. The van der Waals surface area contributed by atoms with Crippen LogP contribution in [0.3, 0.4) is 0 Å². The minimum absolute atomic E-state index is 0.0380. The van der Waals surface area contributed by atoms with Crippen molar-refractivity contribution in [3.63, 3.8) is 0 Å². The largest absolute Gasteiger partial charge is 0.379 e. The van der Waals surface area contributed by atoms with E-state index in [2.05, 4.69) is 10.3 Å². The SMILES string of the molecule is O=C(CSc1ccc(S(=O)(=O)N2CCOCC2)cn1)Nc1ccc(F)cc1Cl. The molecule has 0 atom stereocenters. The lowest BCUT2D eigenvalue weighted by molar-refractivity contribution is -0.113. The van der Waals surface area contributed by atoms with Crippen LogP contribution in [0.5, 0.6) is 0 Å². The Labute approximate surface area is 171 Å². The quantitative estimate of drug-likeness (QED) is 0.687. The van der Waals surface area contributed by atoms with E-state index in [9.17, 15) is 17.6 Å². The van der Waals surface area contributed by atoms with Crippen molar-refractivity contribution >= 4 is 45.0 Å². The maximum atomic E-state index is 13.0. The Morgan fingerprint density at radius 1 is 1.29 bits per heavy atom. The number of halogens is 2. The van der Waals surface area contributed by atoms with Crippen LogP contribution in [0.25, 0.3) is 0 Å². The van der Waals surface area contributed by atoms with E-state index in [4.69, 9.17) is 16.3 Å². The second-order valence-corrected chi connectivity index (χ2v) is 9.15. The summed E-state index contributed by atoms with van der Waals surface area (Å²) >= 11 is 7.02. The summed E-state index contributed by atoms with van der Waals surface area (Å²) in [5.74, 6) is -0.796. The molecule has 1 saturated heterocycles. The number of ether oxygens (including phenoxy) is 1. The van der Waals surface area contributed by atoms with Crippen LogP contribution in [0.1, 0.15) is 0 Å². The topological polar surface area (TPSA) is 88.6 Å². The first-order chi connectivity index (χ1) is 13.4. The molecule has 2 aromatic rings. The normalized spacial score (nSPS) is 15.4. The Morgan fingerprint density at radius 2 is 2.04 bits per heavy atom. The Balaban J connectivity index is 1.57. The predicted octanol–water partition coefficient (Wildman–Crippen LogP) is 2.63. The number of aromatic nitrogens is 1. The standard InChI is InChI=1S/C17H17ClFN3O4S2/c18-14-9-12(19)1-3-15(14)21-16(23)11-27-17-4-2-13(10-20-17)28(24,25)22-5-7-26-8-6-22/h1-4,9-10H,5-8,11H2,(H,21,23). The van der Waals surface area contributed by atoms with Gasteiger partial charge in [0.25, 0.3) is 0 Å². The molecule has 1 fully saturated rings. The average Bonchev–Trinajstić information content (AvgIpc) is 2.69. The number of nitrogens with zero attached hydrogens (tertiary/aromatic N) is 2. The second kappa shape index (κ2) is 9.19. The fourth-order valence-corrected chi connectivity index (χ4v) is 4.67. The van der Waals surface area contributed by atoms with E-state index in [1.165, 1.54) is 28.7 Å². The summed E-state index contributed by atoms with van der Waals surface area (Å²) in [6, 6.07) is 6.71. The van der Waals surface area contributed by atoms with E-state index >= 15 is 0 Å². The fourth-order valence-electron chi connectivity index (χ4n) is 2.46. The molecule has 2 heterocycles. The van der Waals surface area contributed by atoms with Gasteiger partial charge >= 0.3 is 0 Å². The number of carbonyl (C=O) groups excluding carboxylic acids is 1. The number of anilines is 1. The molecule has 0 radical (unpaired) electrons. The molecular weight excluding hydrogens is 429 g/mol. The summed E-state index contributed by atoms with van der Waals surface area (Å²) in [5.41, 5.74) is 0.313. The number of amides is 1. The molecule has 1 aromatic carbocycles. The van der Waals surface area contributed by atoms with Gasteiger partial charge in [0.15, 0.2) is 0 Å². The molecule has 1 aliphatic rings. The van der Waals surface area contributed by atoms with E-state index in [1.54, 1.807) is 6.07 Å². The molecular formula is C17H17ClFN3O4S2. The van der Waals surface area contributed by atoms with Gasteiger partial charge < -0.3 is 10.1 Å². The number of hydrogen-bond donors (Lipinski definition) is 1. The van der Waals surface area contributed by atoms with Gasteiger partial charge in [-0.05, 0) is 30.3 Å². The van der Waals surface area contributed by atoms with E-state index in [-0.39, 0.29) is 21.6 Å². The van der Waals surface area contributed by atoms with Crippen molar-refractivity contribution in [1.29, 1.82) is 0 Å². The Bertz CT molecular complexity index is 951. The molecule has 1 aromatic heterocycles. The first kappa shape index (κ1) is 21.0. The van der Waals surface area contributed by atoms with Crippen LogP contribution in [0.2, 0.25) is 5.02 Å². The van der Waals surface area contributed by atoms with Crippen LogP contribution in [0.15, 0.2) is 46.5 Å². The zero-order chi connectivity index (χ0) is 20.1. The number of morpholine rings is 1. The molecule has 0 bridgehead atoms. The van der Waals surface area contributed by atoms with Crippen molar-refractivity contribution in [2.24, 2.45) is 0 Å². The highest BCUT2D eigenvalue weighted by Crippen LogP contribution is 2.24. The van der Waals surface area contributed by atoms with Crippen molar-refractivity contribution in [3.05, 3.63) is 47.4 Å². The molecule has 0 unspecified atom stereocenters. The fraction of sp³-hybridized carbons (Fsp3) is 0.294. The highest BCUT2D eigenvalue weighted by atomic mass is 35.5. The summed E-state index contributed by atoms with van der Waals surface area (Å²) in [6.45, 7) is 1.36. The van der Waals surface area contributed by atoms with E-state index in [0.717, 1.165) is 17.8 Å². The van der Waals surface area contributed by atoms with Gasteiger partial charge in [-0.25, -0.2) is 17.8 Å². The number of rotatable bonds is 6. The van der Waals surface area contributed by atoms with Gasteiger partial charge in [0.05, 0.1) is 34.7 Å². The van der Waals surface area contributed by atoms with E-state index < -0.39 is 15.8 Å². The Hall–Kier alpha value is -1.72. The number of carbonyl (C=O) groups is 1. The molecule has 1 aliphatic heterocycles. The Morgan fingerprint density at radius 3 is 2.68 bits per heavy atom. The van der Waals surface area contributed by atoms with Crippen LogP contribution in [0, 0.1) is 5.82 Å². The zero-order valence-corrected chi connectivity index (χ0v) is 17.0. The van der Waals surface area contributed by atoms with Crippen molar-refractivity contribution in [1.82, 2.24) is 9.29 Å².